The molecule has 126 valence electrons. The van der Waals surface area contributed by atoms with E-state index in [2.05, 4.69) is 46.5 Å². The van der Waals surface area contributed by atoms with Crippen LogP contribution in [0.4, 0.5) is 0 Å². The van der Waals surface area contributed by atoms with Crippen molar-refractivity contribution in [2.24, 2.45) is 7.05 Å². The van der Waals surface area contributed by atoms with Crippen LogP contribution >= 0.6 is 0 Å². The maximum atomic E-state index is 11.9. The Morgan fingerprint density at radius 1 is 1.00 bits per heavy atom. The molecule has 2 rings (SSSR count). The molecule has 0 unspecified atom stereocenters. The summed E-state index contributed by atoms with van der Waals surface area (Å²) in [5.41, 5.74) is 3.94. The van der Waals surface area contributed by atoms with Crippen molar-refractivity contribution >= 4 is 0 Å². The van der Waals surface area contributed by atoms with E-state index in [9.17, 15) is 9.90 Å². The molecule has 0 amide bonds. The van der Waals surface area contributed by atoms with Crippen molar-refractivity contribution in [3.8, 4) is 17.0 Å². The van der Waals surface area contributed by atoms with Crippen LogP contribution in [0.1, 0.15) is 58.4 Å². The van der Waals surface area contributed by atoms with Crippen molar-refractivity contribution in [2.75, 3.05) is 0 Å². The first-order valence-corrected chi connectivity index (χ1v) is 7.98. The summed E-state index contributed by atoms with van der Waals surface area (Å²) >= 11 is 0. The summed E-state index contributed by atoms with van der Waals surface area (Å²) in [5.74, 6) is 0.354. The quantitative estimate of drug-likeness (QED) is 0.836. The molecule has 2 aromatic rings. The van der Waals surface area contributed by atoms with E-state index < -0.39 is 0 Å². The van der Waals surface area contributed by atoms with Crippen LogP contribution < -0.4 is 5.69 Å². The first-order chi connectivity index (χ1) is 10.3. The SMILES string of the molecule is Cc1[nH]c(=O)n(C)c1-c1cc(C(C)(C)C)c(O)c(C(C)(C)C)c1. The topological polar surface area (TPSA) is 58.0 Å². The van der Waals surface area contributed by atoms with Crippen molar-refractivity contribution < 1.29 is 5.11 Å². The van der Waals surface area contributed by atoms with Crippen molar-refractivity contribution in [1.29, 1.82) is 0 Å². The van der Waals surface area contributed by atoms with Crippen LogP contribution in [0.3, 0.4) is 0 Å². The van der Waals surface area contributed by atoms with Gasteiger partial charge in [0.2, 0.25) is 0 Å². The van der Waals surface area contributed by atoms with Crippen molar-refractivity contribution in [3.05, 3.63) is 39.4 Å². The summed E-state index contributed by atoms with van der Waals surface area (Å²) in [5, 5.41) is 10.8. The number of nitrogens with zero attached hydrogens (tertiary/aromatic N) is 1. The van der Waals surface area contributed by atoms with Crippen LogP contribution in [0, 0.1) is 6.92 Å². The van der Waals surface area contributed by atoms with E-state index in [4.69, 9.17) is 0 Å². The van der Waals surface area contributed by atoms with Gasteiger partial charge in [-0.3, -0.25) is 4.57 Å². The van der Waals surface area contributed by atoms with Gasteiger partial charge >= 0.3 is 5.69 Å². The number of aromatic hydroxyl groups is 1. The standard InChI is InChI=1S/C19H28N2O2/c1-11-15(21(8)17(23)20-11)12-9-13(18(2,3)4)16(22)14(10-12)19(5,6)7/h9-10,22H,1-8H3,(H,20,23). The monoisotopic (exact) mass is 316 g/mol. The molecule has 4 nitrogen and oxygen atoms in total. The van der Waals surface area contributed by atoms with Crippen LogP contribution in [-0.4, -0.2) is 14.7 Å². The Morgan fingerprint density at radius 2 is 1.43 bits per heavy atom. The Labute approximate surface area is 138 Å². The molecule has 1 aromatic heterocycles. The number of rotatable bonds is 1. The zero-order valence-electron chi connectivity index (χ0n) is 15.5. The highest BCUT2D eigenvalue weighted by Gasteiger charge is 2.27. The Kier molecular flexibility index (Phi) is 4.00. The van der Waals surface area contributed by atoms with Gasteiger partial charge in [0.15, 0.2) is 0 Å². The number of H-pyrrole nitrogens is 1. The van der Waals surface area contributed by atoms with Gasteiger partial charge in [0, 0.05) is 29.4 Å². The molecular formula is C19H28N2O2. The summed E-state index contributed by atoms with van der Waals surface area (Å²) < 4.78 is 1.63. The molecule has 0 bridgehead atoms. The fourth-order valence-electron chi connectivity index (χ4n) is 2.98. The van der Waals surface area contributed by atoms with Crippen molar-refractivity contribution in [3.63, 3.8) is 0 Å². The average Bonchev–Trinajstić information content (AvgIpc) is 2.61. The summed E-state index contributed by atoms with van der Waals surface area (Å²) in [6.07, 6.45) is 0. The number of hydrogen-bond acceptors (Lipinski definition) is 2. The number of aryl methyl sites for hydroxylation is 1. The Bertz CT molecular complexity index is 761. The van der Waals surface area contributed by atoms with Crippen molar-refractivity contribution in [2.45, 2.75) is 59.3 Å². The number of aromatic nitrogens is 2. The normalized spacial score (nSPS) is 12.7. The lowest BCUT2D eigenvalue weighted by Gasteiger charge is -2.28. The molecule has 4 heteroatoms. The lowest BCUT2D eigenvalue weighted by molar-refractivity contribution is 0.423. The molecular weight excluding hydrogens is 288 g/mol. The fourth-order valence-corrected chi connectivity index (χ4v) is 2.98. The van der Waals surface area contributed by atoms with Crippen molar-refractivity contribution in [1.82, 2.24) is 9.55 Å². The molecule has 0 fully saturated rings. The van der Waals surface area contributed by atoms with E-state index in [1.165, 1.54) is 0 Å². The molecule has 0 aliphatic carbocycles. The molecule has 0 saturated carbocycles. The molecule has 23 heavy (non-hydrogen) atoms. The maximum absolute atomic E-state index is 11.9. The van der Waals surface area contributed by atoms with Gasteiger partial charge in [0.05, 0.1) is 5.69 Å². The predicted octanol–water partition coefficient (Wildman–Crippen LogP) is 3.99. The van der Waals surface area contributed by atoms with Gasteiger partial charge in [-0.15, -0.1) is 0 Å². The molecule has 0 atom stereocenters. The number of imidazole rings is 1. The molecule has 0 saturated heterocycles. The summed E-state index contributed by atoms with van der Waals surface area (Å²) in [4.78, 5) is 14.8. The predicted molar refractivity (Wildman–Crippen MR) is 95.3 cm³/mol. The average molecular weight is 316 g/mol. The number of hydrogen-bond donors (Lipinski definition) is 2. The molecule has 0 aliphatic rings. The highest BCUT2D eigenvalue weighted by molar-refractivity contribution is 5.68. The fraction of sp³-hybridized carbons (Fsp3) is 0.526. The summed E-state index contributed by atoms with van der Waals surface area (Å²) in [7, 11) is 1.77. The third-order valence-corrected chi connectivity index (χ3v) is 4.29. The minimum atomic E-state index is -0.191. The van der Waals surface area contributed by atoms with Gasteiger partial charge in [-0.1, -0.05) is 41.5 Å². The zero-order chi connectivity index (χ0) is 17.7. The van der Waals surface area contributed by atoms with E-state index in [0.717, 1.165) is 28.1 Å². The molecule has 0 spiro atoms. The molecule has 0 radical (unpaired) electrons. The number of nitrogens with one attached hydrogen (secondary N) is 1. The van der Waals surface area contributed by atoms with Gasteiger partial charge in [-0.2, -0.15) is 0 Å². The van der Waals surface area contributed by atoms with Gasteiger partial charge in [-0.05, 0) is 29.9 Å². The lowest BCUT2D eigenvalue weighted by atomic mass is 9.78. The minimum Gasteiger partial charge on any atom is -0.507 e. The number of benzene rings is 1. The molecule has 1 aromatic carbocycles. The molecule has 0 aliphatic heterocycles. The highest BCUT2D eigenvalue weighted by Crippen LogP contribution is 2.42. The maximum Gasteiger partial charge on any atom is 0.325 e. The van der Waals surface area contributed by atoms with E-state index in [1.807, 2.05) is 19.1 Å². The van der Waals surface area contributed by atoms with Crippen LogP contribution in [-0.2, 0) is 17.9 Å². The Hall–Kier alpha value is -1.97. The summed E-state index contributed by atoms with van der Waals surface area (Å²) in [6.45, 7) is 14.4. The van der Waals surface area contributed by atoms with Gasteiger partial charge in [0.1, 0.15) is 5.75 Å². The summed E-state index contributed by atoms with van der Waals surface area (Å²) in [6, 6.07) is 4.00. The zero-order valence-corrected chi connectivity index (χ0v) is 15.5. The molecule has 1 heterocycles. The molecule has 2 N–H and O–H groups in total. The largest absolute Gasteiger partial charge is 0.507 e. The van der Waals surface area contributed by atoms with Crippen LogP contribution in [0.25, 0.3) is 11.3 Å². The van der Waals surface area contributed by atoms with Gasteiger partial charge in [-0.25, -0.2) is 4.79 Å². The Balaban J connectivity index is 2.88. The van der Waals surface area contributed by atoms with Gasteiger partial charge < -0.3 is 10.1 Å². The third kappa shape index (κ3) is 3.07. The van der Waals surface area contributed by atoms with E-state index in [-0.39, 0.29) is 16.5 Å². The van der Waals surface area contributed by atoms with E-state index in [0.29, 0.717) is 5.75 Å². The van der Waals surface area contributed by atoms with Crippen LogP contribution in [0.2, 0.25) is 0 Å². The first-order valence-electron chi connectivity index (χ1n) is 7.98. The second kappa shape index (κ2) is 5.29. The highest BCUT2D eigenvalue weighted by atomic mass is 16.3. The number of phenolic OH excluding ortho intramolecular Hbond substituents is 1. The Morgan fingerprint density at radius 3 is 1.74 bits per heavy atom. The smallest absolute Gasteiger partial charge is 0.325 e. The van der Waals surface area contributed by atoms with Crippen LogP contribution in [0.15, 0.2) is 16.9 Å². The van der Waals surface area contributed by atoms with E-state index >= 15 is 0 Å². The second-order valence-electron chi connectivity index (χ2n) is 8.38. The van der Waals surface area contributed by atoms with Crippen LogP contribution in [0.5, 0.6) is 5.75 Å². The first kappa shape index (κ1) is 17.4. The van der Waals surface area contributed by atoms with Gasteiger partial charge in [0.25, 0.3) is 0 Å². The minimum absolute atomic E-state index is 0.125. The number of aromatic amines is 1. The third-order valence-electron chi connectivity index (χ3n) is 4.29. The van der Waals surface area contributed by atoms with E-state index in [1.54, 1.807) is 11.6 Å². The number of phenols is 1. The second-order valence-corrected chi connectivity index (χ2v) is 8.38. The lowest BCUT2D eigenvalue weighted by Crippen LogP contribution is -2.18.